The van der Waals surface area contributed by atoms with Crippen LogP contribution in [0.1, 0.15) is 21.8 Å². The number of anilines is 1. The van der Waals surface area contributed by atoms with E-state index in [-0.39, 0.29) is 22.7 Å². The van der Waals surface area contributed by atoms with Crippen molar-refractivity contribution in [3.63, 3.8) is 0 Å². The zero-order valence-corrected chi connectivity index (χ0v) is 17.5. The molecule has 0 saturated heterocycles. The van der Waals surface area contributed by atoms with E-state index in [1.807, 2.05) is 6.07 Å². The Balaban J connectivity index is 2.43. The monoisotopic (exact) mass is 451 g/mol. The molecule has 168 valence electrons. The first-order valence-electron chi connectivity index (χ1n) is 9.45. The minimum atomic E-state index is -1.56. The third-order valence-electron chi connectivity index (χ3n) is 5.05. The fraction of sp³-hybridized carbons (Fsp3) is 0.130. The summed E-state index contributed by atoms with van der Waals surface area (Å²) in [6.07, 6.45) is 0. The van der Waals surface area contributed by atoms with Gasteiger partial charge in [-0.15, -0.1) is 0 Å². The number of allylic oxidation sites excluding steroid dienone is 1. The fourth-order valence-corrected chi connectivity index (χ4v) is 3.60. The van der Waals surface area contributed by atoms with Gasteiger partial charge in [0.15, 0.2) is 0 Å². The van der Waals surface area contributed by atoms with Crippen molar-refractivity contribution in [1.29, 1.82) is 5.26 Å². The molecule has 9 nitrogen and oxygen atoms in total. The number of nitrogens with zero attached hydrogens (tertiary/aromatic N) is 2. The standard InChI is InChI=1S/C23H18FN3O6/c1-32-22(30)18-17(12-6-4-3-5-7-12)15(11-25)20(26)27(19(18)23(31)33-2)13-8-9-16(24)14(10-13)21(28)29/h3-10,17H,26H2,1-2H3,(H,28,29). The van der Waals surface area contributed by atoms with Gasteiger partial charge in [-0.25, -0.2) is 18.8 Å². The Hall–Kier alpha value is -4.65. The first-order chi connectivity index (χ1) is 15.8. The highest BCUT2D eigenvalue weighted by molar-refractivity contribution is 6.06. The van der Waals surface area contributed by atoms with Gasteiger partial charge in [0.1, 0.15) is 17.3 Å². The minimum absolute atomic E-state index is 0.0765. The van der Waals surface area contributed by atoms with Crippen LogP contribution in [0.15, 0.2) is 71.2 Å². The Morgan fingerprint density at radius 3 is 2.27 bits per heavy atom. The lowest BCUT2D eigenvalue weighted by Gasteiger charge is -2.36. The summed E-state index contributed by atoms with van der Waals surface area (Å²) in [6.45, 7) is 0. The Bertz CT molecular complexity index is 1250. The normalized spacial score (nSPS) is 15.7. The number of carboxylic acids is 1. The van der Waals surface area contributed by atoms with Crippen molar-refractivity contribution in [2.45, 2.75) is 5.92 Å². The summed E-state index contributed by atoms with van der Waals surface area (Å²) in [7, 11) is 2.18. The number of benzene rings is 2. The van der Waals surface area contributed by atoms with Crippen LogP contribution in [-0.2, 0) is 19.1 Å². The van der Waals surface area contributed by atoms with Gasteiger partial charge in [-0.3, -0.25) is 4.90 Å². The van der Waals surface area contributed by atoms with Crippen molar-refractivity contribution >= 4 is 23.6 Å². The largest absolute Gasteiger partial charge is 0.478 e. The lowest BCUT2D eigenvalue weighted by Crippen LogP contribution is -2.40. The van der Waals surface area contributed by atoms with Crippen LogP contribution in [0.25, 0.3) is 0 Å². The Morgan fingerprint density at radius 1 is 1.09 bits per heavy atom. The molecule has 10 heteroatoms. The number of hydrogen-bond donors (Lipinski definition) is 2. The summed E-state index contributed by atoms with van der Waals surface area (Å²) >= 11 is 0. The number of carbonyl (C=O) groups is 3. The number of nitrogens with two attached hydrogens (primary N) is 1. The molecule has 0 fully saturated rings. The van der Waals surface area contributed by atoms with Crippen molar-refractivity contribution in [3.8, 4) is 6.07 Å². The second-order valence-corrected chi connectivity index (χ2v) is 6.80. The van der Waals surface area contributed by atoms with E-state index in [9.17, 15) is 29.1 Å². The quantitative estimate of drug-likeness (QED) is 0.655. The van der Waals surface area contributed by atoms with Gasteiger partial charge >= 0.3 is 17.9 Å². The molecule has 0 spiro atoms. The average molecular weight is 451 g/mol. The van der Waals surface area contributed by atoms with E-state index >= 15 is 0 Å². The van der Waals surface area contributed by atoms with Crippen LogP contribution < -0.4 is 10.6 Å². The number of methoxy groups -OCH3 is 2. The molecule has 1 heterocycles. The molecule has 33 heavy (non-hydrogen) atoms. The van der Waals surface area contributed by atoms with Crippen molar-refractivity contribution in [1.82, 2.24) is 0 Å². The number of rotatable bonds is 5. The number of esters is 2. The van der Waals surface area contributed by atoms with E-state index in [0.717, 1.165) is 37.3 Å². The van der Waals surface area contributed by atoms with Crippen LogP contribution in [0.3, 0.4) is 0 Å². The second-order valence-electron chi connectivity index (χ2n) is 6.80. The molecule has 1 unspecified atom stereocenters. The molecule has 2 aromatic carbocycles. The van der Waals surface area contributed by atoms with Crippen LogP contribution >= 0.6 is 0 Å². The van der Waals surface area contributed by atoms with Gasteiger partial charge in [0, 0.05) is 5.69 Å². The molecule has 2 aromatic rings. The maximum Gasteiger partial charge on any atom is 0.355 e. The molecule has 0 aromatic heterocycles. The van der Waals surface area contributed by atoms with Crippen molar-refractivity contribution in [2.24, 2.45) is 5.73 Å². The SMILES string of the molecule is COC(=O)C1=C(C(=O)OC)N(c2ccc(F)c(C(=O)O)c2)C(N)=C(C#N)C1c1ccccc1. The number of halogens is 1. The predicted octanol–water partition coefficient (Wildman–Crippen LogP) is 2.42. The van der Waals surface area contributed by atoms with Crippen LogP contribution in [0.2, 0.25) is 0 Å². The van der Waals surface area contributed by atoms with E-state index in [4.69, 9.17) is 15.2 Å². The highest BCUT2D eigenvalue weighted by Gasteiger charge is 2.43. The lowest BCUT2D eigenvalue weighted by atomic mass is 9.81. The Labute approximate surface area is 187 Å². The van der Waals surface area contributed by atoms with Crippen molar-refractivity contribution in [2.75, 3.05) is 19.1 Å². The van der Waals surface area contributed by atoms with E-state index in [1.165, 1.54) is 0 Å². The van der Waals surface area contributed by atoms with Crippen LogP contribution in [0.5, 0.6) is 0 Å². The van der Waals surface area contributed by atoms with Gasteiger partial charge in [-0.05, 0) is 23.8 Å². The van der Waals surface area contributed by atoms with Gasteiger partial charge in [-0.2, -0.15) is 5.26 Å². The molecule has 1 aliphatic heterocycles. The number of aromatic carboxylic acids is 1. The van der Waals surface area contributed by atoms with Gasteiger partial charge in [-0.1, -0.05) is 30.3 Å². The maximum atomic E-state index is 14.0. The average Bonchev–Trinajstić information content (AvgIpc) is 2.83. The van der Waals surface area contributed by atoms with Crippen LogP contribution in [-0.4, -0.2) is 37.2 Å². The van der Waals surface area contributed by atoms with Gasteiger partial charge in [0.05, 0.1) is 42.9 Å². The van der Waals surface area contributed by atoms with Crippen LogP contribution in [0.4, 0.5) is 10.1 Å². The molecule has 0 aliphatic carbocycles. The summed E-state index contributed by atoms with van der Waals surface area (Å²) < 4.78 is 23.8. The number of hydrogen-bond acceptors (Lipinski definition) is 8. The minimum Gasteiger partial charge on any atom is -0.478 e. The number of carboxylic acid groups (broad SMARTS) is 1. The summed E-state index contributed by atoms with van der Waals surface area (Å²) in [4.78, 5) is 38.3. The first-order valence-corrected chi connectivity index (χ1v) is 9.45. The maximum absolute atomic E-state index is 14.0. The number of ether oxygens (including phenoxy) is 2. The fourth-order valence-electron chi connectivity index (χ4n) is 3.60. The third-order valence-corrected chi connectivity index (χ3v) is 5.05. The Morgan fingerprint density at radius 2 is 1.73 bits per heavy atom. The molecule has 3 N–H and O–H groups in total. The summed E-state index contributed by atoms with van der Waals surface area (Å²) in [5.41, 5.74) is 5.25. The smallest absolute Gasteiger partial charge is 0.355 e. The van der Waals surface area contributed by atoms with Gasteiger partial charge < -0.3 is 20.3 Å². The highest BCUT2D eigenvalue weighted by atomic mass is 19.1. The molecule has 0 bridgehead atoms. The third kappa shape index (κ3) is 3.99. The molecule has 0 saturated carbocycles. The molecule has 3 rings (SSSR count). The summed E-state index contributed by atoms with van der Waals surface area (Å²) in [6, 6.07) is 13.3. The van der Waals surface area contributed by atoms with Gasteiger partial charge in [0.25, 0.3) is 0 Å². The van der Waals surface area contributed by atoms with E-state index in [2.05, 4.69) is 0 Å². The predicted molar refractivity (Wildman–Crippen MR) is 113 cm³/mol. The zero-order chi connectivity index (χ0) is 24.3. The zero-order valence-electron chi connectivity index (χ0n) is 17.5. The highest BCUT2D eigenvalue weighted by Crippen LogP contribution is 2.43. The van der Waals surface area contributed by atoms with Crippen molar-refractivity contribution in [3.05, 3.63) is 88.1 Å². The first kappa shape index (κ1) is 23.0. The molecular weight excluding hydrogens is 433 g/mol. The lowest BCUT2D eigenvalue weighted by molar-refractivity contribution is -0.139. The number of carbonyl (C=O) groups excluding carboxylic acids is 2. The summed E-state index contributed by atoms with van der Waals surface area (Å²) in [5.74, 6) is -5.86. The van der Waals surface area contributed by atoms with Crippen LogP contribution in [0, 0.1) is 17.1 Å². The Kier molecular flexibility index (Phi) is 6.44. The van der Waals surface area contributed by atoms with Crippen molar-refractivity contribution < 1.29 is 33.4 Å². The molecule has 0 radical (unpaired) electrons. The van der Waals surface area contributed by atoms with E-state index < -0.39 is 40.9 Å². The number of nitriles is 1. The van der Waals surface area contributed by atoms with E-state index in [0.29, 0.717) is 5.56 Å². The van der Waals surface area contributed by atoms with Gasteiger partial charge in [0.2, 0.25) is 0 Å². The molecule has 1 atom stereocenters. The molecular formula is C23H18FN3O6. The second kappa shape index (κ2) is 9.23. The molecule has 1 aliphatic rings. The topological polar surface area (TPSA) is 143 Å². The molecule has 0 amide bonds. The van der Waals surface area contributed by atoms with E-state index in [1.54, 1.807) is 30.3 Å². The summed E-state index contributed by atoms with van der Waals surface area (Å²) in [5, 5.41) is 19.3.